The second-order valence-corrected chi connectivity index (χ2v) is 5.76. The van der Waals surface area contributed by atoms with E-state index in [0.717, 1.165) is 0 Å². The molecule has 1 N–H and O–H groups in total. The van der Waals surface area contributed by atoms with Crippen LogP contribution in [0.3, 0.4) is 0 Å². The lowest BCUT2D eigenvalue weighted by molar-refractivity contribution is 0.0996. The van der Waals surface area contributed by atoms with Crippen LogP contribution in [0, 0.1) is 0 Å². The van der Waals surface area contributed by atoms with Crippen molar-refractivity contribution in [3.05, 3.63) is 89.5 Å². The van der Waals surface area contributed by atoms with E-state index in [9.17, 15) is 9.59 Å². The molecule has 0 fully saturated rings. The third kappa shape index (κ3) is 3.98. The van der Waals surface area contributed by atoms with Crippen molar-refractivity contribution in [1.29, 1.82) is 0 Å². The minimum atomic E-state index is -0.373. The number of carbonyl (C=O) groups excluding carboxylic acids is 2. The van der Waals surface area contributed by atoms with Crippen molar-refractivity contribution >= 4 is 17.4 Å². The Labute approximate surface area is 157 Å². The zero-order valence-corrected chi connectivity index (χ0v) is 15.1. The molecule has 0 bridgehead atoms. The van der Waals surface area contributed by atoms with Gasteiger partial charge in [0, 0.05) is 22.9 Å². The Hall–Kier alpha value is -3.60. The molecule has 0 aromatic heterocycles. The van der Waals surface area contributed by atoms with Gasteiger partial charge in [-0.1, -0.05) is 48.5 Å². The highest BCUT2D eigenvalue weighted by Crippen LogP contribution is 2.30. The van der Waals surface area contributed by atoms with Gasteiger partial charge in [-0.15, -0.1) is 0 Å². The van der Waals surface area contributed by atoms with Gasteiger partial charge < -0.3 is 14.8 Å². The number of carbonyl (C=O) groups is 2. The number of methoxy groups -OCH3 is 2. The molecule has 0 unspecified atom stereocenters. The maximum atomic E-state index is 12.8. The van der Waals surface area contributed by atoms with Crippen LogP contribution in [0.4, 0.5) is 5.69 Å². The molecule has 5 heteroatoms. The lowest BCUT2D eigenvalue weighted by Crippen LogP contribution is -2.17. The molecule has 0 aliphatic carbocycles. The number of hydrogen-bond acceptors (Lipinski definition) is 4. The molecule has 0 aliphatic heterocycles. The van der Waals surface area contributed by atoms with Crippen LogP contribution < -0.4 is 14.8 Å². The third-order valence-electron chi connectivity index (χ3n) is 4.09. The van der Waals surface area contributed by atoms with Crippen molar-refractivity contribution in [2.75, 3.05) is 19.5 Å². The summed E-state index contributed by atoms with van der Waals surface area (Å²) in [6.45, 7) is 0. The molecule has 0 radical (unpaired) electrons. The van der Waals surface area contributed by atoms with Crippen molar-refractivity contribution in [1.82, 2.24) is 0 Å². The van der Waals surface area contributed by atoms with Crippen LogP contribution >= 0.6 is 0 Å². The monoisotopic (exact) mass is 361 g/mol. The molecule has 0 heterocycles. The first-order chi connectivity index (χ1) is 13.1. The van der Waals surface area contributed by atoms with Gasteiger partial charge in [-0.05, 0) is 18.2 Å². The van der Waals surface area contributed by atoms with Crippen molar-refractivity contribution < 1.29 is 19.1 Å². The summed E-state index contributed by atoms with van der Waals surface area (Å²) in [5.74, 6) is 0.495. The second-order valence-electron chi connectivity index (χ2n) is 5.76. The van der Waals surface area contributed by atoms with Gasteiger partial charge in [-0.3, -0.25) is 9.59 Å². The molecular weight excluding hydrogens is 342 g/mol. The number of anilines is 1. The van der Waals surface area contributed by atoms with E-state index in [4.69, 9.17) is 9.47 Å². The van der Waals surface area contributed by atoms with E-state index in [-0.39, 0.29) is 11.7 Å². The Bertz CT molecular complexity index is 967. The molecular formula is C22H19NO4. The van der Waals surface area contributed by atoms with Crippen molar-refractivity contribution in [2.45, 2.75) is 0 Å². The van der Waals surface area contributed by atoms with E-state index in [0.29, 0.717) is 33.9 Å². The number of benzene rings is 3. The highest BCUT2D eigenvalue weighted by atomic mass is 16.5. The number of ether oxygens (including phenoxy) is 2. The smallest absolute Gasteiger partial charge is 0.256 e. The van der Waals surface area contributed by atoms with Crippen molar-refractivity contribution in [3.63, 3.8) is 0 Å². The van der Waals surface area contributed by atoms with E-state index in [1.807, 2.05) is 6.07 Å². The molecule has 3 aromatic carbocycles. The van der Waals surface area contributed by atoms with E-state index in [2.05, 4.69) is 5.32 Å². The highest BCUT2D eigenvalue weighted by Gasteiger charge is 2.18. The molecule has 1 amide bonds. The molecule has 0 saturated heterocycles. The maximum absolute atomic E-state index is 12.8. The van der Waals surface area contributed by atoms with E-state index >= 15 is 0 Å². The molecule has 0 aliphatic rings. The Morgan fingerprint density at radius 3 is 2.04 bits per heavy atom. The Morgan fingerprint density at radius 2 is 1.37 bits per heavy atom. The third-order valence-corrected chi connectivity index (χ3v) is 4.09. The van der Waals surface area contributed by atoms with Gasteiger partial charge in [0.05, 0.1) is 19.8 Å². The average Bonchev–Trinajstić information content (AvgIpc) is 2.73. The molecule has 27 heavy (non-hydrogen) atoms. The van der Waals surface area contributed by atoms with Crippen LogP contribution in [0.2, 0.25) is 0 Å². The molecule has 3 rings (SSSR count). The van der Waals surface area contributed by atoms with Crippen molar-refractivity contribution in [2.24, 2.45) is 0 Å². The number of nitrogens with one attached hydrogen (secondary N) is 1. The van der Waals surface area contributed by atoms with Crippen LogP contribution in [0.25, 0.3) is 0 Å². The van der Waals surface area contributed by atoms with Crippen LogP contribution in [0.15, 0.2) is 72.8 Å². The fourth-order valence-corrected chi connectivity index (χ4v) is 2.74. The van der Waals surface area contributed by atoms with Gasteiger partial charge in [0.2, 0.25) is 0 Å². The number of rotatable bonds is 6. The molecule has 0 saturated carbocycles. The SMILES string of the molecule is COc1ccc(NC(=O)c2ccccc2C(=O)c2ccccc2)cc1OC. The first-order valence-corrected chi connectivity index (χ1v) is 8.36. The zero-order chi connectivity index (χ0) is 19.2. The van der Waals surface area contributed by atoms with Crippen LogP contribution in [-0.2, 0) is 0 Å². The van der Waals surface area contributed by atoms with Crippen LogP contribution in [0.1, 0.15) is 26.3 Å². The lowest BCUT2D eigenvalue weighted by Gasteiger charge is -2.12. The normalized spacial score (nSPS) is 10.1. The molecule has 5 nitrogen and oxygen atoms in total. The fourth-order valence-electron chi connectivity index (χ4n) is 2.74. The fraction of sp³-hybridized carbons (Fsp3) is 0.0909. The minimum Gasteiger partial charge on any atom is -0.493 e. The van der Waals surface area contributed by atoms with E-state index in [1.165, 1.54) is 7.11 Å². The Morgan fingerprint density at radius 1 is 0.741 bits per heavy atom. The Kier molecular flexibility index (Phi) is 5.52. The topological polar surface area (TPSA) is 64.6 Å². The quantitative estimate of drug-likeness (QED) is 0.669. The lowest BCUT2D eigenvalue weighted by atomic mass is 9.98. The number of hydrogen-bond donors (Lipinski definition) is 1. The summed E-state index contributed by atoms with van der Waals surface area (Å²) in [5, 5.41) is 2.80. The van der Waals surface area contributed by atoms with Gasteiger partial charge in [-0.25, -0.2) is 0 Å². The predicted octanol–water partition coefficient (Wildman–Crippen LogP) is 4.19. The first-order valence-electron chi connectivity index (χ1n) is 8.36. The van der Waals surface area contributed by atoms with Gasteiger partial charge in [0.25, 0.3) is 5.91 Å². The van der Waals surface area contributed by atoms with Crippen LogP contribution in [0.5, 0.6) is 11.5 Å². The summed E-state index contributed by atoms with van der Waals surface area (Å²) in [5.41, 5.74) is 1.73. The second kappa shape index (κ2) is 8.19. The molecule has 0 atom stereocenters. The standard InChI is InChI=1S/C22H19NO4/c1-26-19-13-12-16(14-20(19)27-2)23-22(25)18-11-7-6-10-17(18)21(24)15-8-4-3-5-9-15/h3-14H,1-2H3,(H,23,25). The average molecular weight is 361 g/mol. The van der Waals surface area contributed by atoms with E-state index < -0.39 is 0 Å². The van der Waals surface area contributed by atoms with Gasteiger partial charge in [0.15, 0.2) is 17.3 Å². The van der Waals surface area contributed by atoms with Gasteiger partial charge >= 0.3 is 0 Å². The predicted molar refractivity (Wildman–Crippen MR) is 104 cm³/mol. The Balaban J connectivity index is 1.89. The van der Waals surface area contributed by atoms with Gasteiger partial charge in [-0.2, -0.15) is 0 Å². The summed E-state index contributed by atoms with van der Waals surface area (Å²) in [6.07, 6.45) is 0. The summed E-state index contributed by atoms with van der Waals surface area (Å²) in [7, 11) is 3.07. The summed E-state index contributed by atoms with van der Waals surface area (Å²) >= 11 is 0. The largest absolute Gasteiger partial charge is 0.493 e. The minimum absolute atomic E-state index is 0.200. The van der Waals surface area contributed by atoms with Crippen LogP contribution in [-0.4, -0.2) is 25.9 Å². The highest BCUT2D eigenvalue weighted by molar-refractivity contribution is 6.17. The number of ketones is 1. The van der Waals surface area contributed by atoms with Crippen molar-refractivity contribution in [3.8, 4) is 11.5 Å². The molecule has 0 spiro atoms. The van der Waals surface area contributed by atoms with Gasteiger partial charge in [0.1, 0.15) is 0 Å². The summed E-state index contributed by atoms with van der Waals surface area (Å²) in [4.78, 5) is 25.6. The molecule has 3 aromatic rings. The summed E-state index contributed by atoms with van der Waals surface area (Å²) in [6, 6.07) is 20.7. The molecule has 136 valence electrons. The van der Waals surface area contributed by atoms with E-state index in [1.54, 1.807) is 73.8 Å². The summed E-state index contributed by atoms with van der Waals surface area (Å²) < 4.78 is 10.5. The number of amides is 1. The maximum Gasteiger partial charge on any atom is 0.256 e. The first kappa shape index (κ1) is 18.2. The zero-order valence-electron chi connectivity index (χ0n) is 15.1.